The van der Waals surface area contributed by atoms with Crippen LogP contribution >= 0.6 is 23.2 Å². The predicted molar refractivity (Wildman–Crippen MR) is 82.7 cm³/mol. The second kappa shape index (κ2) is 5.00. The summed E-state index contributed by atoms with van der Waals surface area (Å²) >= 11 is 12.0. The van der Waals surface area contributed by atoms with Gasteiger partial charge in [-0.3, -0.25) is 4.79 Å². The average Bonchev–Trinajstić information content (AvgIpc) is 2.83. The molecule has 3 nitrogen and oxygen atoms in total. The molecular weight excluding hydrogens is 295 g/mol. The van der Waals surface area contributed by atoms with Gasteiger partial charge in [0.05, 0.1) is 10.6 Å². The van der Waals surface area contributed by atoms with Gasteiger partial charge in [0, 0.05) is 22.9 Å². The van der Waals surface area contributed by atoms with Gasteiger partial charge in [0.15, 0.2) is 0 Å². The molecule has 0 aromatic heterocycles. The third kappa shape index (κ3) is 2.23. The maximum atomic E-state index is 12.6. The molecular formula is C15H12Cl2N2O. The summed E-state index contributed by atoms with van der Waals surface area (Å²) in [5.74, 6) is -0.151. The summed E-state index contributed by atoms with van der Waals surface area (Å²) < 4.78 is 0. The van der Waals surface area contributed by atoms with E-state index in [-0.39, 0.29) is 5.91 Å². The molecule has 1 aliphatic rings. The molecule has 2 aromatic rings. The minimum atomic E-state index is -0.151. The van der Waals surface area contributed by atoms with Crippen LogP contribution in [-0.4, -0.2) is 12.5 Å². The summed E-state index contributed by atoms with van der Waals surface area (Å²) in [6.07, 6.45) is 0.819. The molecule has 0 saturated carbocycles. The van der Waals surface area contributed by atoms with Crippen molar-refractivity contribution in [1.29, 1.82) is 0 Å². The predicted octanol–water partition coefficient (Wildman–Crippen LogP) is 3.78. The summed E-state index contributed by atoms with van der Waals surface area (Å²) in [5, 5.41) is 0.890. The number of fused-ring (bicyclic) bond motifs is 1. The zero-order valence-corrected chi connectivity index (χ0v) is 12.1. The third-order valence-electron chi connectivity index (χ3n) is 3.41. The van der Waals surface area contributed by atoms with Gasteiger partial charge in [-0.05, 0) is 42.3 Å². The minimum absolute atomic E-state index is 0.151. The largest absolute Gasteiger partial charge is 0.399 e. The minimum Gasteiger partial charge on any atom is -0.399 e. The highest BCUT2D eigenvalue weighted by Gasteiger charge is 2.27. The van der Waals surface area contributed by atoms with E-state index in [2.05, 4.69) is 0 Å². The van der Waals surface area contributed by atoms with Crippen LogP contribution in [0.3, 0.4) is 0 Å². The van der Waals surface area contributed by atoms with Crippen LogP contribution in [0.1, 0.15) is 15.9 Å². The van der Waals surface area contributed by atoms with Crippen LogP contribution in [0.4, 0.5) is 11.4 Å². The van der Waals surface area contributed by atoms with Crippen molar-refractivity contribution in [3.63, 3.8) is 0 Å². The molecule has 102 valence electrons. The van der Waals surface area contributed by atoms with Crippen molar-refractivity contribution in [2.75, 3.05) is 17.2 Å². The average molecular weight is 307 g/mol. The topological polar surface area (TPSA) is 46.3 Å². The Kier molecular flexibility index (Phi) is 3.32. The fourth-order valence-corrected chi connectivity index (χ4v) is 2.78. The van der Waals surface area contributed by atoms with Crippen molar-refractivity contribution < 1.29 is 4.79 Å². The Morgan fingerprint density at radius 3 is 2.75 bits per heavy atom. The fraction of sp³-hybridized carbons (Fsp3) is 0.133. The Morgan fingerprint density at radius 1 is 1.15 bits per heavy atom. The van der Waals surface area contributed by atoms with Crippen LogP contribution in [0.25, 0.3) is 0 Å². The van der Waals surface area contributed by atoms with Crippen LogP contribution in [0.15, 0.2) is 36.4 Å². The van der Waals surface area contributed by atoms with E-state index in [0.717, 1.165) is 17.7 Å². The fourth-order valence-electron chi connectivity index (χ4n) is 2.41. The molecule has 0 saturated heterocycles. The molecule has 3 rings (SSSR count). The SMILES string of the molecule is Nc1ccc2c(c1)N(C(=O)c1cc(Cl)ccc1Cl)CC2. The lowest BCUT2D eigenvalue weighted by atomic mass is 10.1. The lowest BCUT2D eigenvalue weighted by molar-refractivity contribution is 0.0989. The van der Waals surface area contributed by atoms with E-state index >= 15 is 0 Å². The highest BCUT2D eigenvalue weighted by Crippen LogP contribution is 2.32. The summed E-state index contributed by atoms with van der Waals surface area (Å²) in [5.41, 5.74) is 8.82. The normalized spacial score (nSPS) is 13.4. The van der Waals surface area contributed by atoms with E-state index in [4.69, 9.17) is 28.9 Å². The van der Waals surface area contributed by atoms with Crippen LogP contribution in [0.5, 0.6) is 0 Å². The number of nitrogens with two attached hydrogens (primary N) is 1. The number of amides is 1. The molecule has 0 radical (unpaired) electrons. The number of rotatable bonds is 1. The molecule has 5 heteroatoms. The van der Waals surface area contributed by atoms with Crippen molar-refractivity contribution in [3.05, 3.63) is 57.6 Å². The van der Waals surface area contributed by atoms with Gasteiger partial charge in [0.1, 0.15) is 0 Å². The first kappa shape index (κ1) is 13.3. The Bertz CT molecular complexity index is 700. The van der Waals surface area contributed by atoms with Gasteiger partial charge in [-0.25, -0.2) is 0 Å². The number of hydrogen-bond donors (Lipinski definition) is 1. The zero-order valence-electron chi connectivity index (χ0n) is 10.6. The van der Waals surface area contributed by atoms with Crippen molar-refractivity contribution in [3.8, 4) is 0 Å². The first-order chi connectivity index (χ1) is 9.56. The second-order valence-electron chi connectivity index (χ2n) is 4.72. The van der Waals surface area contributed by atoms with Crippen molar-refractivity contribution in [2.45, 2.75) is 6.42 Å². The molecule has 0 spiro atoms. The Balaban J connectivity index is 2.01. The van der Waals surface area contributed by atoms with Crippen molar-refractivity contribution >= 4 is 40.5 Å². The first-order valence-electron chi connectivity index (χ1n) is 6.21. The Labute approximate surface area is 126 Å². The third-order valence-corrected chi connectivity index (χ3v) is 3.97. The second-order valence-corrected chi connectivity index (χ2v) is 5.56. The zero-order chi connectivity index (χ0) is 14.3. The summed E-state index contributed by atoms with van der Waals surface area (Å²) in [7, 11) is 0. The first-order valence-corrected chi connectivity index (χ1v) is 6.97. The van der Waals surface area contributed by atoms with Gasteiger partial charge in [0.25, 0.3) is 5.91 Å². The standard InChI is InChI=1S/C15H12Cl2N2O/c16-10-2-4-13(17)12(7-10)15(20)19-6-5-9-1-3-11(18)8-14(9)19/h1-4,7-8H,5-6,18H2. The Hall–Kier alpha value is -1.71. The molecule has 0 unspecified atom stereocenters. The molecule has 0 aliphatic carbocycles. The number of halogens is 2. The summed E-state index contributed by atoms with van der Waals surface area (Å²) in [6, 6.07) is 10.5. The lowest BCUT2D eigenvalue weighted by Crippen LogP contribution is -2.29. The van der Waals surface area contributed by atoms with Gasteiger partial charge in [-0.2, -0.15) is 0 Å². The molecule has 0 bridgehead atoms. The smallest absolute Gasteiger partial charge is 0.259 e. The number of carbonyl (C=O) groups is 1. The lowest BCUT2D eigenvalue weighted by Gasteiger charge is -2.18. The number of carbonyl (C=O) groups excluding carboxylic acids is 1. The number of nitrogen functional groups attached to an aromatic ring is 1. The molecule has 0 fully saturated rings. The molecule has 0 atom stereocenters. The van der Waals surface area contributed by atoms with Gasteiger partial charge in [-0.15, -0.1) is 0 Å². The van der Waals surface area contributed by atoms with Crippen LogP contribution in [0.2, 0.25) is 10.0 Å². The van der Waals surface area contributed by atoms with Gasteiger partial charge < -0.3 is 10.6 Å². The highest BCUT2D eigenvalue weighted by atomic mass is 35.5. The highest BCUT2D eigenvalue weighted by molar-refractivity contribution is 6.36. The quantitative estimate of drug-likeness (QED) is 0.815. The van der Waals surface area contributed by atoms with Crippen LogP contribution < -0.4 is 10.6 Å². The van der Waals surface area contributed by atoms with E-state index in [1.54, 1.807) is 23.1 Å². The molecule has 2 N–H and O–H groups in total. The number of nitrogens with zero attached hydrogens (tertiary/aromatic N) is 1. The van der Waals surface area contributed by atoms with Gasteiger partial charge >= 0.3 is 0 Å². The van der Waals surface area contributed by atoms with Gasteiger partial charge in [-0.1, -0.05) is 29.3 Å². The number of hydrogen-bond acceptors (Lipinski definition) is 2. The van der Waals surface area contributed by atoms with E-state index in [1.807, 2.05) is 18.2 Å². The van der Waals surface area contributed by atoms with Crippen molar-refractivity contribution in [2.24, 2.45) is 0 Å². The van der Waals surface area contributed by atoms with Gasteiger partial charge in [0.2, 0.25) is 0 Å². The number of benzene rings is 2. The molecule has 1 amide bonds. The summed E-state index contributed by atoms with van der Waals surface area (Å²) in [6.45, 7) is 0.625. The van der Waals surface area contributed by atoms with Crippen LogP contribution in [0, 0.1) is 0 Å². The monoisotopic (exact) mass is 306 g/mol. The molecule has 2 aromatic carbocycles. The Morgan fingerprint density at radius 2 is 1.95 bits per heavy atom. The van der Waals surface area contributed by atoms with E-state index in [1.165, 1.54) is 0 Å². The van der Waals surface area contributed by atoms with Crippen LogP contribution in [-0.2, 0) is 6.42 Å². The molecule has 20 heavy (non-hydrogen) atoms. The van der Waals surface area contributed by atoms with Crippen molar-refractivity contribution in [1.82, 2.24) is 0 Å². The molecule has 1 aliphatic heterocycles. The number of anilines is 2. The maximum absolute atomic E-state index is 12.6. The summed E-state index contributed by atoms with van der Waals surface area (Å²) in [4.78, 5) is 14.3. The van der Waals surface area contributed by atoms with E-state index in [9.17, 15) is 4.79 Å². The van der Waals surface area contributed by atoms with E-state index in [0.29, 0.717) is 27.8 Å². The molecule has 1 heterocycles. The maximum Gasteiger partial charge on any atom is 0.259 e. The van der Waals surface area contributed by atoms with E-state index < -0.39 is 0 Å².